The highest BCUT2D eigenvalue weighted by molar-refractivity contribution is 6.16. The zero-order valence-electron chi connectivity index (χ0n) is 10.3. The summed E-state index contributed by atoms with van der Waals surface area (Å²) in [7, 11) is 0. The molecule has 0 bridgehead atoms. The maximum Gasteiger partial charge on any atom is 0.359 e. The fourth-order valence-corrected chi connectivity index (χ4v) is 2.17. The monoisotopic (exact) mass is 236 g/mol. The van der Waals surface area contributed by atoms with Crippen LogP contribution in [-0.2, 0) is 19.1 Å². The van der Waals surface area contributed by atoms with Crippen molar-refractivity contribution in [3.05, 3.63) is 24.5 Å². The van der Waals surface area contributed by atoms with Gasteiger partial charge >= 0.3 is 5.97 Å². The minimum atomic E-state index is -1.55. The Hall–Kier alpha value is -1.58. The second kappa shape index (κ2) is 3.45. The highest BCUT2D eigenvalue weighted by Crippen LogP contribution is 2.48. The minimum Gasteiger partial charge on any atom is -0.470 e. The van der Waals surface area contributed by atoms with Crippen LogP contribution >= 0.6 is 0 Å². The molecule has 1 fully saturated rings. The molecule has 0 radical (unpaired) electrons. The Morgan fingerprint density at radius 1 is 1.47 bits per heavy atom. The molecule has 2 aliphatic rings. The predicted octanol–water partition coefficient (Wildman–Crippen LogP) is 1.61. The standard InChI is InChI=1S/C13H16O4/c1-5-12(4)7-16-11(15)13(12)10(14)6-9(17-13)8(2)3/h5-6,8H,1,7H2,2-4H3/t12-,13+/m1/s1. The number of rotatable bonds is 2. The van der Waals surface area contributed by atoms with Crippen molar-refractivity contribution in [1.82, 2.24) is 0 Å². The van der Waals surface area contributed by atoms with Crippen molar-refractivity contribution in [2.45, 2.75) is 26.4 Å². The van der Waals surface area contributed by atoms with Gasteiger partial charge in [0.05, 0.1) is 5.41 Å². The van der Waals surface area contributed by atoms with Gasteiger partial charge in [0.2, 0.25) is 5.78 Å². The Balaban J connectivity index is 2.48. The van der Waals surface area contributed by atoms with Crippen LogP contribution in [0.5, 0.6) is 0 Å². The van der Waals surface area contributed by atoms with Gasteiger partial charge in [0.15, 0.2) is 0 Å². The van der Waals surface area contributed by atoms with Crippen LogP contribution in [0.2, 0.25) is 0 Å². The number of cyclic esters (lactones) is 1. The van der Waals surface area contributed by atoms with E-state index in [1.807, 2.05) is 13.8 Å². The third-order valence-corrected chi connectivity index (χ3v) is 3.51. The molecule has 0 unspecified atom stereocenters. The van der Waals surface area contributed by atoms with Crippen molar-refractivity contribution >= 4 is 11.8 Å². The lowest BCUT2D eigenvalue weighted by molar-refractivity contribution is -0.161. The number of allylic oxidation sites excluding steroid dienone is 1. The Morgan fingerprint density at radius 3 is 2.59 bits per heavy atom. The normalized spacial score (nSPS) is 36.1. The average molecular weight is 236 g/mol. The van der Waals surface area contributed by atoms with Crippen LogP contribution in [-0.4, -0.2) is 24.0 Å². The molecule has 0 aromatic carbocycles. The molecular weight excluding hydrogens is 220 g/mol. The van der Waals surface area contributed by atoms with E-state index in [0.29, 0.717) is 5.76 Å². The quantitative estimate of drug-likeness (QED) is 0.415. The second-order valence-electron chi connectivity index (χ2n) is 5.05. The molecule has 17 heavy (non-hydrogen) atoms. The van der Waals surface area contributed by atoms with Crippen molar-refractivity contribution in [2.24, 2.45) is 11.3 Å². The molecule has 0 aromatic rings. The Labute approximate surface area is 100 Å². The maximum absolute atomic E-state index is 12.1. The van der Waals surface area contributed by atoms with E-state index in [-0.39, 0.29) is 18.3 Å². The molecule has 0 aliphatic carbocycles. The number of carbonyl (C=O) groups is 2. The van der Waals surface area contributed by atoms with E-state index in [9.17, 15) is 9.59 Å². The Kier molecular flexibility index (Phi) is 2.42. The van der Waals surface area contributed by atoms with Crippen molar-refractivity contribution in [3.8, 4) is 0 Å². The van der Waals surface area contributed by atoms with E-state index in [1.165, 1.54) is 6.08 Å². The second-order valence-corrected chi connectivity index (χ2v) is 5.05. The summed E-state index contributed by atoms with van der Waals surface area (Å²) in [5.41, 5.74) is -2.36. The summed E-state index contributed by atoms with van der Waals surface area (Å²) in [6, 6.07) is 0. The minimum absolute atomic E-state index is 0.0563. The molecule has 1 spiro atoms. The van der Waals surface area contributed by atoms with Crippen LogP contribution in [0.15, 0.2) is 24.5 Å². The van der Waals surface area contributed by atoms with Crippen LogP contribution in [0.25, 0.3) is 0 Å². The van der Waals surface area contributed by atoms with E-state index in [1.54, 1.807) is 13.0 Å². The molecule has 2 atom stereocenters. The molecule has 0 saturated carbocycles. The van der Waals surface area contributed by atoms with Crippen molar-refractivity contribution in [1.29, 1.82) is 0 Å². The number of hydrogen-bond acceptors (Lipinski definition) is 4. The van der Waals surface area contributed by atoms with Crippen LogP contribution in [0.3, 0.4) is 0 Å². The Bertz CT molecular complexity index is 435. The molecular formula is C13H16O4. The van der Waals surface area contributed by atoms with E-state index in [4.69, 9.17) is 9.47 Å². The molecule has 4 heteroatoms. The van der Waals surface area contributed by atoms with Crippen LogP contribution in [0, 0.1) is 11.3 Å². The van der Waals surface area contributed by atoms with Gasteiger partial charge < -0.3 is 9.47 Å². The van der Waals surface area contributed by atoms with Gasteiger partial charge in [0.1, 0.15) is 12.4 Å². The lowest BCUT2D eigenvalue weighted by atomic mass is 9.73. The van der Waals surface area contributed by atoms with E-state index in [2.05, 4.69) is 6.58 Å². The van der Waals surface area contributed by atoms with Gasteiger partial charge in [0.25, 0.3) is 5.60 Å². The highest BCUT2D eigenvalue weighted by atomic mass is 16.6. The van der Waals surface area contributed by atoms with Gasteiger partial charge in [0, 0.05) is 12.0 Å². The first-order valence-electron chi connectivity index (χ1n) is 5.63. The van der Waals surface area contributed by atoms with Crippen molar-refractivity contribution in [3.63, 3.8) is 0 Å². The largest absolute Gasteiger partial charge is 0.470 e. The maximum atomic E-state index is 12.1. The first kappa shape index (κ1) is 11.9. The molecule has 0 N–H and O–H groups in total. The van der Waals surface area contributed by atoms with Gasteiger partial charge in [-0.2, -0.15) is 0 Å². The van der Waals surface area contributed by atoms with Crippen LogP contribution in [0.4, 0.5) is 0 Å². The summed E-state index contributed by atoms with van der Waals surface area (Å²) < 4.78 is 10.7. The Morgan fingerprint density at radius 2 is 2.12 bits per heavy atom. The summed E-state index contributed by atoms with van der Waals surface area (Å²) in [6.45, 7) is 9.37. The van der Waals surface area contributed by atoms with Crippen LogP contribution in [0.1, 0.15) is 20.8 Å². The fraction of sp³-hybridized carbons (Fsp3) is 0.538. The third kappa shape index (κ3) is 1.30. The predicted molar refractivity (Wildman–Crippen MR) is 61.0 cm³/mol. The zero-order valence-corrected chi connectivity index (χ0v) is 10.3. The molecule has 92 valence electrons. The smallest absolute Gasteiger partial charge is 0.359 e. The summed E-state index contributed by atoms with van der Waals surface area (Å²) in [5, 5.41) is 0. The lowest BCUT2D eigenvalue weighted by Gasteiger charge is -2.32. The molecule has 2 rings (SSSR count). The molecule has 0 amide bonds. The molecule has 4 nitrogen and oxygen atoms in total. The van der Waals surface area contributed by atoms with E-state index < -0.39 is 17.0 Å². The fourth-order valence-electron chi connectivity index (χ4n) is 2.17. The van der Waals surface area contributed by atoms with Gasteiger partial charge in [-0.15, -0.1) is 6.58 Å². The first-order valence-corrected chi connectivity index (χ1v) is 5.63. The summed E-state index contributed by atoms with van der Waals surface area (Å²) in [4.78, 5) is 24.1. The third-order valence-electron chi connectivity index (χ3n) is 3.51. The summed E-state index contributed by atoms with van der Waals surface area (Å²) in [6.07, 6.45) is 2.96. The van der Waals surface area contributed by atoms with Gasteiger partial charge in [-0.3, -0.25) is 4.79 Å². The topological polar surface area (TPSA) is 52.6 Å². The zero-order chi connectivity index (χ0) is 12.8. The summed E-state index contributed by atoms with van der Waals surface area (Å²) in [5.74, 6) is -0.370. The SMILES string of the molecule is C=C[C@]1(C)COC(=O)[C@]12OC(C(C)C)=CC2=O. The number of carbonyl (C=O) groups excluding carboxylic acids is 2. The first-order chi connectivity index (χ1) is 7.87. The van der Waals surface area contributed by atoms with E-state index >= 15 is 0 Å². The molecule has 2 aliphatic heterocycles. The average Bonchev–Trinajstić information content (AvgIpc) is 2.75. The number of esters is 1. The number of ether oxygens (including phenoxy) is 2. The molecule has 2 heterocycles. The van der Waals surface area contributed by atoms with Crippen LogP contribution < -0.4 is 0 Å². The van der Waals surface area contributed by atoms with Gasteiger partial charge in [-0.1, -0.05) is 19.9 Å². The van der Waals surface area contributed by atoms with Gasteiger partial charge in [-0.25, -0.2) is 4.79 Å². The molecule has 1 saturated heterocycles. The number of ketones is 1. The number of hydrogen-bond donors (Lipinski definition) is 0. The lowest BCUT2D eigenvalue weighted by Crippen LogP contribution is -2.52. The van der Waals surface area contributed by atoms with Crippen molar-refractivity contribution < 1.29 is 19.1 Å². The molecule has 0 aromatic heterocycles. The van der Waals surface area contributed by atoms with E-state index in [0.717, 1.165) is 0 Å². The van der Waals surface area contributed by atoms with Crippen molar-refractivity contribution in [2.75, 3.05) is 6.61 Å². The van der Waals surface area contributed by atoms with Gasteiger partial charge in [-0.05, 0) is 6.92 Å². The summed E-state index contributed by atoms with van der Waals surface area (Å²) >= 11 is 0. The highest BCUT2D eigenvalue weighted by Gasteiger charge is 2.68.